The van der Waals surface area contributed by atoms with Crippen LogP contribution in [-0.2, 0) is 9.53 Å². The topological polar surface area (TPSA) is 61.5 Å². The molecule has 0 fully saturated rings. The zero-order valence-corrected chi connectivity index (χ0v) is 8.49. The zero-order chi connectivity index (χ0) is 11.4. The van der Waals surface area contributed by atoms with Gasteiger partial charge in [-0.25, -0.2) is 4.39 Å². The Morgan fingerprint density at radius 1 is 1.47 bits per heavy atom. The van der Waals surface area contributed by atoms with Crippen molar-refractivity contribution >= 4 is 5.97 Å². The van der Waals surface area contributed by atoms with Crippen LogP contribution in [0.3, 0.4) is 0 Å². The molecule has 2 N–H and O–H groups in total. The van der Waals surface area contributed by atoms with Crippen LogP contribution in [0.15, 0.2) is 18.2 Å². The Kier molecular flexibility index (Phi) is 3.62. The predicted molar refractivity (Wildman–Crippen MR) is 51.9 cm³/mol. The molecule has 0 saturated carbocycles. The molecule has 0 amide bonds. The first-order valence-corrected chi connectivity index (χ1v) is 4.27. The van der Waals surface area contributed by atoms with Crippen LogP contribution in [0, 0.1) is 5.82 Å². The predicted octanol–water partition coefficient (Wildman–Crippen LogP) is 1.01. The summed E-state index contributed by atoms with van der Waals surface area (Å²) in [6.07, 6.45) is 0. The number of rotatable bonds is 3. The second kappa shape index (κ2) is 4.75. The van der Waals surface area contributed by atoms with Crippen molar-refractivity contribution in [3.63, 3.8) is 0 Å². The fraction of sp³-hybridized carbons (Fsp3) is 0.300. The Morgan fingerprint density at radius 3 is 2.67 bits per heavy atom. The summed E-state index contributed by atoms with van der Waals surface area (Å²) in [6.45, 7) is 0. The largest absolute Gasteiger partial charge is 0.496 e. The lowest BCUT2D eigenvalue weighted by Crippen LogP contribution is -2.23. The normalized spacial score (nSPS) is 12.0. The molecule has 0 spiro atoms. The molecule has 0 heterocycles. The van der Waals surface area contributed by atoms with Crippen molar-refractivity contribution in [2.75, 3.05) is 14.2 Å². The second-order valence-electron chi connectivity index (χ2n) is 2.89. The molecule has 1 aromatic carbocycles. The van der Waals surface area contributed by atoms with E-state index in [9.17, 15) is 9.18 Å². The number of hydrogen-bond donors (Lipinski definition) is 1. The van der Waals surface area contributed by atoms with Crippen LogP contribution >= 0.6 is 0 Å². The summed E-state index contributed by atoms with van der Waals surface area (Å²) in [6, 6.07) is 2.81. The number of halogens is 1. The van der Waals surface area contributed by atoms with E-state index in [1.807, 2.05) is 0 Å². The maximum absolute atomic E-state index is 12.8. The lowest BCUT2D eigenvalue weighted by Gasteiger charge is -2.13. The number of carbonyl (C=O) groups excluding carboxylic acids is 1. The van der Waals surface area contributed by atoms with Crippen LogP contribution < -0.4 is 10.5 Å². The summed E-state index contributed by atoms with van der Waals surface area (Å²) < 4.78 is 22.2. The summed E-state index contributed by atoms with van der Waals surface area (Å²) in [4.78, 5) is 11.2. The van der Waals surface area contributed by atoms with Crippen LogP contribution in [-0.4, -0.2) is 20.2 Å². The second-order valence-corrected chi connectivity index (χ2v) is 2.89. The molecule has 0 aliphatic carbocycles. The fourth-order valence-electron chi connectivity index (χ4n) is 1.20. The highest BCUT2D eigenvalue weighted by Crippen LogP contribution is 2.25. The van der Waals surface area contributed by atoms with Gasteiger partial charge in [-0.1, -0.05) is 6.07 Å². The van der Waals surface area contributed by atoms with Gasteiger partial charge in [-0.3, -0.25) is 4.79 Å². The highest BCUT2D eigenvalue weighted by molar-refractivity contribution is 5.78. The Hall–Kier alpha value is -1.62. The monoisotopic (exact) mass is 213 g/mol. The van der Waals surface area contributed by atoms with Gasteiger partial charge in [-0.15, -0.1) is 0 Å². The van der Waals surface area contributed by atoms with Crippen LogP contribution in [0.4, 0.5) is 4.39 Å². The van der Waals surface area contributed by atoms with E-state index in [0.717, 1.165) is 6.07 Å². The molecule has 0 bridgehead atoms. The molecule has 1 atom stereocenters. The number of ether oxygens (including phenoxy) is 2. The van der Waals surface area contributed by atoms with E-state index in [2.05, 4.69) is 4.74 Å². The maximum Gasteiger partial charge on any atom is 0.327 e. The Morgan fingerprint density at radius 2 is 2.13 bits per heavy atom. The van der Waals surface area contributed by atoms with Gasteiger partial charge in [0.15, 0.2) is 0 Å². The molecule has 5 heteroatoms. The minimum atomic E-state index is -0.967. The van der Waals surface area contributed by atoms with E-state index in [1.54, 1.807) is 0 Å². The summed E-state index contributed by atoms with van der Waals surface area (Å²) in [5.41, 5.74) is 5.99. The molecule has 0 aliphatic heterocycles. The van der Waals surface area contributed by atoms with E-state index < -0.39 is 17.8 Å². The molecule has 15 heavy (non-hydrogen) atoms. The Bertz CT molecular complexity index is 368. The third kappa shape index (κ3) is 2.44. The molecular formula is C10H12FNO3. The molecular weight excluding hydrogens is 201 g/mol. The number of esters is 1. The fourth-order valence-corrected chi connectivity index (χ4v) is 1.20. The lowest BCUT2D eigenvalue weighted by molar-refractivity contribution is -0.142. The van der Waals surface area contributed by atoms with Gasteiger partial charge in [0.2, 0.25) is 0 Å². The Labute approximate surface area is 86.8 Å². The number of hydrogen-bond acceptors (Lipinski definition) is 4. The molecule has 0 aromatic heterocycles. The van der Waals surface area contributed by atoms with Crippen molar-refractivity contribution in [1.82, 2.24) is 0 Å². The maximum atomic E-state index is 12.8. The Balaban J connectivity index is 3.07. The van der Waals surface area contributed by atoms with Gasteiger partial charge >= 0.3 is 5.97 Å². The van der Waals surface area contributed by atoms with Crippen molar-refractivity contribution in [2.45, 2.75) is 6.04 Å². The SMILES string of the molecule is COC(=O)[C@@H](N)c1ccc(F)cc1OC. The molecule has 1 aromatic rings. The highest BCUT2D eigenvalue weighted by Gasteiger charge is 2.20. The first-order valence-electron chi connectivity index (χ1n) is 4.27. The van der Waals surface area contributed by atoms with Gasteiger partial charge in [0.25, 0.3) is 0 Å². The van der Waals surface area contributed by atoms with Crippen molar-refractivity contribution in [3.8, 4) is 5.75 Å². The molecule has 0 saturated heterocycles. The third-order valence-electron chi connectivity index (χ3n) is 1.99. The van der Waals surface area contributed by atoms with Crippen molar-refractivity contribution in [1.29, 1.82) is 0 Å². The van der Waals surface area contributed by atoms with Crippen molar-refractivity contribution in [3.05, 3.63) is 29.6 Å². The minimum absolute atomic E-state index is 0.230. The van der Waals surface area contributed by atoms with Gasteiger partial charge in [0, 0.05) is 11.6 Å². The lowest BCUT2D eigenvalue weighted by atomic mass is 10.1. The van der Waals surface area contributed by atoms with Gasteiger partial charge in [-0.05, 0) is 6.07 Å². The smallest absolute Gasteiger partial charge is 0.327 e. The number of methoxy groups -OCH3 is 2. The molecule has 0 unspecified atom stereocenters. The minimum Gasteiger partial charge on any atom is -0.496 e. The molecule has 1 rings (SSSR count). The first kappa shape index (κ1) is 11.5. The molecule has 82 valence electrons. The van der Waals surface area contributed by atoms with Crippen LogP contribution in [0.1, 0.15) is 11.6 Å². The van der Waals surface area contributed by atoms with Crippen LogP contribution in [0.5, 0.6) is 5.75 Å². The van der Waals surface area contributed by atoms with E-state index in [-0.39, 0.29) is 5.75 Å². The molecule has 0 radical (unpaired) electrons. The number of benzene rings is 1. The van der Waals surface area contributed by atoms with Gasteiger partial charge in [-0.2, -0.15) is 0 Å². The molecule has 0 aliphatic rings. The average Bonchev–Trinajstić information content (AvgIpc) is 2.26. The average molecular weight is 213 g/mol. The molecule has 4 nitrogen and oxygen atoms in total. The van der Waals surface area contributed by atoms with E-state index >= 15 is 0 Å². The summed E-state index contributed by atoms with van der Waals surface area (Å²) in [5.74, 6) is -0.819. The highest BCUT2D eigenvalue weighted by atomic mass is 19.1. The van der Waals surface area contributed by atoms with Crippen LogP contribution in [0.2, 0.25) is 0 Å². The van der Waals surface area contributed by atoms with E-state index in [1.165, 1.54) is 26.4 Å². The summed E-state index contributed by atoms with van der Waals surface area (Å²) >= 11 is 0. The van der Waals surface area contributed by atoms with Gasteiger partial charge in [0.05, 0.1) is 14.2 Å². The van der Waals surface area contributed by atoms with Gasteiger partial charge in [0.1, 0.15) is 17.6 Å². The number of nitrogens with two attached hydrogens (primary N) is 1. The third-order valence-corrected chi connectivity index (χ3v) is 1.99. The quantitative estimate of drug-likeness (QED) is 0.761. The van der Waals surface area contributed by atoms with Crippen molar-refractivity contribution in [2.24, 2.45) is 5.73 Å². The standard InChI is InChI=1S/C10H12FNO3/c1-14-8-5-6(11)3-4-7(8)9(12)10(13)15-2/h3-5,9H,12H2,1-2H3/t9-/m0/s1. The summed E-state index contributed by atoms with van der Waals surface area (Å²) in [5, 5.41) is 0. The zero-order valence-electron chi connectivity index (χ0n) is 8.49. The number of carbonyl (C=O) groups is 1. The van der Waals surface area contributed by atoms with Gasteiger partial charge < -0.3 is 15.2 Å². The summed E-state index contributed by atoms with van der Waals surface area (Å²) in [7, 11) is 2.61. The van der Waals surface area contributed by atoms with Crippen molar-refractivity contribution < 1.29 is 18.7 Å². The first-order chi connectivity index (χ1) is 7.10. The van der Waals surface area contributed by atoms with E-state index in [0.29, 0.717) is 5.56 Å². The van der Waals surface area contributed by atoms with Crippen LogP contribution in [0.25, 0.3) is 0 Å². The van der Waals surface area contributed by atoms with E-state index in [4.69, 9.17) is 10.5 Å².